The number of carbonyl (C=O) groups is 1. The van der Waals surface area contributed by atoms with Crippen molar-refractivity contribution in [3.8, 4) is 11.1 Å². The molecular formula is C32H35N3O2. The van der Waals surface area contributed by atoms with E-state index in [1.165, 1.54) is 5.56 Å². The molecular weight excluding hydrogens is 458 g/mol. The van der Waals surface area contributed by atoms with E-state index >= 15 is 0 Å². The van der Waals surface area contributed by atoms with Gasteiger partial charge in [-0.15, -0.1) is 0 Å². The molecule has 5 rings (SSSR count). The molecule has 1 saturated carbocycles. The van der Waals surface area contributed by atoms with Crippen LogP contribution in [0.2, 0.25) is 0 Å². The van der Waals surface area contributed by atoms with E-state index < -0.39 is 0 Å². The second-order valence-corrected chi connectivity index (χ2v) is 11.2. The molecule has 3 aromatic carbocycles. The quantitative estimate of drug-likeness (QED) is 0.342. The van der Waals surface area contributed by atoms with Crippen molar-refractivity contribution in [3.05, 3.63) is 106 Å². The fourth-order valence-corrected chi connectivity index (χ4v) is 4.48. The van der Waals surface area contributed by atoms with E-state index in [4.69, 9.17) is 0 Å². The Morgan fingerprint density at radius 3 is 2.38 bits per heavy atom. The Balaban J connectivity index is 1.36. The number of nitrogens with one attached hydrogen (secondary N) is 2. The van der Waals surface area contributed by atoms with Crippen LogP contribution >= 0.6 is 0 Å². The number of aryl methyl sites for hydroxylation is 1. The maximum Gasteiger partial charge on any atom is 0.258 e. The molecule has 1 fully saturated rings. The maximum absolute atomic E-state index is 13.3. The van der Waals surface area contributed by atoms with Crippen LogP contribution in [-0.4, -0.2) is 22.1 Å². The molecule has 1 heterocycles. The van der Waals surface area contributed by atoms with Crippen LogP contribution < -0.4 is 16.2 Å². The average Bonchev–Trinajstić information content (AvgIpc) is 3.69. The number of pyridine rings is 1. The first-order valence-electron chi connectivity index (χ1n) is 13.0. The number of benzene rings is 3. The lowest BCUT2D eigenvalue weighted by atomic mass is 9.96. The fourth-order valence-electron chi connectivity index (χ4n) is 4.48. The standard InChI is InChI=1S/C32H35N3O2/c1-21-5-10-26(30(36)34-27-12-13-27)18-29(21)24-11-14-28-25(17-24)15-16-35(31(28)37)20-23-8-6-22(7-9-23)19-33-32(2,3)4/h5-11,14-18,27,33H,12-13,19-20H2,1-4H3,(H,34,36). The number of rotatable bonds is 7. The van der Waals surface area contributed by atoms with E-state index in [1.807, 2.05) is 55.6 Å². The summed E-state index contributed by atoms with van der Waals surface area (Å²) in [5, 5.41) is 8.15. The normalized spacial score (nSPS) is 13.6. The van der Waals surface area contributed by atoms with E-state index in [9.17, 15) is 9.59 Å². The molecule has 37 heavy (non-hydrogen) atoms. The molecule has 0 spiro atoms. The predicted octanol–water partition coefficient (Wildman–Crippen LogP) is 5.81. The minimum atomic E-state index is -0.0223. The van der Waals surface area contributed by atoms with E-state index in [0.29, 0.717) is 23.5 Å². The van der Waals surface area contributed by atoms with Crippen LogP contribution in [0, 0.1) is 6.92 Å². The first kappa shape index (κ1) is 25.0. The summed E-state index contributed by atoms with van der Waals surface area (Å²) in [4.78, 5) is 25.8. The number of hydrogen-bond donors (Lipinski definition) is 2. The van der Waals surface area contributed by atoms with E-state index in [-0.39, 0.29) is 17.0 Å². The van der Waals surface area contributed by atoms with Crippen molar-refractivity contribution >= 4 is 16.7 Å². The smallest absolute Gasteiger partial charge is 0.258 e. The Hall–Kier alpha value is -3.70. The largest absolute Gasteiger partial charge is 0.349 e. The van der Waals surface area contributed by atoms with Gasteiger partial charge in [-0.1, -0.05) is 36.4 Å². The topological polar surface area (TPSA) is 63.1 Å². The van der Waals surface area contributed by atoms with Gasteiger partial charge in [-0.2, -0.15) is 0 Å². The van der Waals surface area contributed by atoms with Crippen LogP contribution in [0.5, 0.6) is 0 Å². The molecule has 0 radical (unpaired) electrons. The van der Waals surface area contributed by atoms with Crippen LogP contribution in [0.1, 0.15) is 60.7 Å². The van der Waals surface area contributed by atoms with Gasteiger partial charge in [-0.05, 0) is 104 Å². The molecule has 2 N–H and O–H groups in total. The molecule has 5 nitrogen and oxygen atoms in total. The summed E-state index contributed by atoms with van der Waals surface area (Å²) < 4.78 is 1.76. The monoisotopic (exact) mass is 493 g/mol. The molecule has 0 unspecified atom stereocenters. The molecule has 0 atom stereocenters. The fraction of sp³-hybridized carbons (Fsp3) is 0.312. The second kappa shape index (κ2) is 9.98. The number of hydrogen-bond acceptors (Lipinski definition) is 3. The van der Waals surface area contributed by atoms with Crippen LogP contribution in [0.25, 0.3) is 21.9 Å². The van der Waals surface area contributed by atoms with Crippen LogP contribution in [0.3, 0.4) is 0 Å². The van der Waals surface area contributed by atoms with Crippen molar-refractivity contribution in [3.63, 3.8) is 0 Å². The van der Waals surface area contributed by atoms with Gasteiger partial charge in [-0.25, -0.2) is 0 Å². The molecule has 1 aliphatic rings. The maximum atomic E-state index is 13.3. The molecule has 0 bridgehead atoms. The number of carbonyl (C=O) groups excluding carboxylic acids is 1. The van der Waals surface area contributed by atoms with E-state index in [2.05, 4.69) is 55.7 Å². The second-order valence-electron chi connectivity index (χ2n) is 11.2. The summed E-state index contributed by atoms with van der Waals surface area (Å²) in [7, 11) is 0. The molecule has 1 aliphatic carbocycles. The lowest BCUT2D eigenvalue weighted by molar-refractivity contribution is 0.0951. The van der Waals surface area contributed by atoms with Crippen molar-refractivity contribution < 1.29 is 4.79 Å². The molecule has 4 aromatic rings. The Labute approximate surface area is 218 Å². The first-order valence-corrected chi connectivity index (χ1v) is 13.0. The molecule has 190 valence electrons. The van der Waals surface area contributed by atoms with Gasteiger partial charge in [0.2, 0.25) is 0 Å². The molecule has 0 saturated heterocycles. The average molecular weight is 494 g/mol. The zero-order valence-corrected chi connectivity index (χ0v) is 22.1. The SMILES string of the molecule is Cc1ccc(C(=O)NC2CC2)cc1-c1ccc2c(=O)n(Cc3ccc(CNC(C)(C)C)cc3)ccc2c1. The molecule has 5 heteroatoms. The summed E-state index contributed by atoms with van der Waals surface area (Å²) in [5.41, 5.74) is 6.16. The van der Waals surface area contributed by atoms with Crippen molar-refractivity contribution in [2.45, 2.75) is 65.2 Å². The third-order valence-corrected chi connectivity index (χ3v) is 6.90. The summed E-state index contributed by atoms with van der Waals surface area (Å²) in [6, 6.07) is 22.5. The number of nitrogens with zero attached hydrogens (tertiary/aromatic N) is 1. The third-order valence-electron chi connectivity index (χ3n) is 6.90. The van der Waals surface area contributed by atoms with Gasteiger partial charge < -0.3 is 15.2 Å². The van der Waals surface area contributed by atoms with Gasteiger partial charge in [0.15, 0.2) is 0 Å². The zero-order valence-electron chi connectivity index (χ0n) is 22.1. The van der Waals surface area contributed by atoms with E-state index in [0.717, 1.165) is 47.0 Å². The Morgan fingerprint density at radius 1 is 0.946 bits per heavy atom. The van der Waals surface area contributed by atoms with Gasteiger partial charge in [0.05, 0.1) is 6.54 Å². The Kier molecular flexibility index (Phi) is 6.74. The first-order chi connectivity index (χ1) is 17.7. The number of aromatic nitrogens is 1. The lowest BCUT2D eigenvalue weighted by Gasteiger charge is -2.20. The Bertz CT molecular complexity index is 1510. The molecule has 1 aromatic heterocycles. The molecule has 1 amide bonds. The van der Waals surface area contributed by atoms with Crippen molar-refractivity contribution in [1.82, 2.24) is 15.2 Å². The third kappa shape index (κ3) is 6.00. The highest BCUT2D eigenvalue weighted by Gasteiger charge is 2.24. The van der Waals surface area contributed by atoms with Gasteiger partial charge in [-0.3, -0.25) is 9.59 Å². The van der Waals surface area contributed by atoms with Crippen LogP contribution in [0.4, 0.5) is 0 Å². The minimum absolute atomic E-state index is 0.00295. The Morgan fingerprint density at radius 2 is 1.68 bits per heavy atom. The number of fused-ring (bicyclic) bond motifs is 1. The van der Waals surface area contributed by atoms with Crippen LogP contribution in [-0.2, 0) is 13.1 Å². The lowest BCUT2D eigenvalue weighted by Crippen LogP contribution is -2.35. The van der Waals surface area contributed by atoms with Gasteiger partial charge in [0, 0.05) is 35.3 Å². The van der Waals surface area contributed by atoms with E-state index in [1.54, 1.807) is 4.57 Å². The molecule has 0 aliphatic heterocycles. The van der Waals surface area contributed by atoms with Crippen molar-refractivity contribution in [2.75, 3.05) is 0 Å². The summed E-state index contributed by atoms with van der Waals surface area (Å²) >= 11 is 0. The van der Waals surface area contributed by atoms with Crippen LogP contribution in [0.15, 0.2) is 77.7 Å². The van der Waals surface area contributed by atoms with Gasteiger partial charge in [0.1, 0.15) is 0 Å². The zero-order chi connectivity index (χ0) is 26.2. The number of amides is 1. The van der Waals surface area contributed by atoms with Gasteiger partial charge >= 0.3 is 0 Å². The highest BCUT2D eigenvalue weighted by Crippen LogP contribution is 2.28. The summed E-state index contributed by atoms with van der Waals surface area (Å²) in [5.74, 6) is -0.0223. The predicted molar refractivity (Wildman–Crippen MR) is 151 cm³/mol. The highest BCUT2D eigenvalue weighted by molar-refractivity contribution is 5.96. The van der Waals surface area contributed by atoms with Crippen molar-refractivity contribution in [2.24, 2.45) is 0 Å². The highest BCUT2D eigenvalue weighted by atomic mass is 16.1. The minimum Gasteiger partial charge on any atom is -0.349 e. The van der Waals surface area contributed by atoms with Crippen molar-refractivity contribution in [1.29, 1.82) is 0 Å². The van der Waals surface area contributed by atoms with Gasteiger partial charge in [0.25, 0.3) is 11.5 Å². The summed E-state index contributed by atoms with van der Waals surface area (Å²) in [6.45, 7) is 9.86. The summed E-state index contributed by atoms with van der Waals surface area (Å²) in [6.07, 6.45) is 4.00.